The number of hydrogen-bond donors (Lipinski definition) is 3. The molecule has 10 nitrogen and oxygen atoms in total. The van der Waals surface area contributed by atoms with Crippen molar-refractivity contribution in [1.29, 1.82) is 0 Å². The minimum Gasteiger partial charge on any atom is -0.472 e. The summed E-state index contributed by atoms with van der Waals surface area (Å²) in [5.41, 5.74) is -3.98. The van der Waals surface area contributed by atoms with Gasteiger partial charge in [0.1, 0.15) is 18.0 Å². The normalized spacial score (nSPS) is 52.6. The highest BCUT2D eigenvalue weighted by Gasteiger charge is 2.81. The molecular formula is C29H38O10. The van der Waals surface area contributed by atoms with Crippen molar-refractivity contribution in [2.75, 3.05) is 13.7 Å². The van der Waals surface area contributed by atoms with Crippen LogP contribution in [0, 0.1) is 39.4 Å². The minimum atomic E-state index is -1.52. The van der Waals surface area contributed by atoms with Crippen LogP contribution in [0.2, 0.25) is 0 Å². The number of furan rings is 1. The summed E-state index contributed by atoms with van der Waals surface area (Å²) in [4.78, 5) is 40.5. The lowest BCUT2D eigenvalue weighted by molar-refractivity contribution is -0.375. The zero-order chi connectivity index (χ0) is 28.3. The first-order valence-electron chi connectivity index (χ1n) is 13.7. The Morgan fingerprint density at radius 1 is 1.03 bits per heavy atom. The van der Waals surface area contributed by atoms with E-state index in [1.165, 1.54) is 26.6 Å². The molecule has 1 aromatic heterocycles. The fourth-order valence-electron chi connectivity index (χ4n) is 10.3. The molecule has 0 radical (unpaired) electrons. The lowest BCUT2D eigenvalue weighted by atomic mass is 9.33. The predicted molar refractivity (Wildman–Crippen MR) is 133 cm³/mol. The van der Waals surface area contributed by atoms with Gasteiger partial charge in [-0.15, -0.1) is 0 Å². The summed E-state index contributed by atoms with van der Waals surface area (Å²) in [5, 5.41) is 35.7. The molecule has 2 heterocycles. The van der Waals surface area contributed by atoms with Crippen LogP contribution in [0.1, 0.15) is 58.4 Å². The Labute approximate surface area is 227 Å². The first-order valence-corrected chi connectivity index (χ1v) is 13.7. The third-order valence-corrected chi connectivity index (χ3v) is 11.8. The fourth-order valence-corrected chi connectivity index (χ4v) is 10.3. The van der Waals surface area contributed by atoms with Crippen LogP contribution in [0.3, 0.4) is 0 Å². The molecular weight excluding hydrogens is 508 g/mol. The van der Waals surface area contributed by atoms with E-state index in [1.54, 1.807) is 19.9 Å². The van der Waals surface area contributed by atoms with Crippen LogP contribution >= 0.6 is 0 Å². The van der Waals surface area contributed by atoms with Gasteiger partial charge in [0.2, 0.25) is 0 Å². The van der Waals surface area contributed by atoms with Crippen molar-refractivity contribution in [3.05, 3.63) is 24.2 Å². The summed E-state index contributed by atoms with van der Waals surface area (Å²) < 4.78 is 22.9. The minimum absolute atomic E-state index is 0.0371. The van der Waals surface area contributed by atoms with E-state index in [0.717, 1.165) is 5.56 Å². The Bertz CT molecular complexity index is 1200. The molecule has 5 fully saturated rings. The molecule has 1 aromatic rings. The molecule has 0 aromatic carbocycles. The van der Waals surface area contributed by atoms with Gasteiger partial charge in [-0.25, -0.2) is 0 Å². The lowest BCUT2D eigenvalue weighted by Crippen LogP contribution is -2.80. The Kier molecular flexibility index (Phi) is 5.87. The topological polar surface area (TPSA) is 153 Å². The summed E-state index contributed by atoms with van der Waals surface area (Å²) in [6, 6.07) is 1.74. The van der Waals surface area contributed by atoms with Gasteiger partial charge >= 0.3 is 5.97 Å². The van der Waals surface area contributed by atoms with Gasteiger partial charge in [-0.2, -0.15) is 0 Å². The third-order valence-electron chi connectivity index (χ3n) is 11.8. The number of fused-ring (bicyclic) bond motifs is 3. The van der Waals surface area contributed by atoms with Crippen LogP contribution in [0.15, 0.2) is 23.0 Å². The fraction of sp³-hybridized carbons (Fsp3) is 0.759. The maximum absolute atomic E-state index is 14.5. The van der Waals surface area contributed by atoms with Gasteiger partial charge in [-0.3, -0.25) is 14.4 Å². The maximum atomic E-state index is 14.5. The lowest BCUT2D eigenvalue weighted by Gasteiger charge is -2.73. The number of aliphatic hydroxyl groups is 3. The smallest absolute Gasteiger partial charge is 0.302 e. The standard InChI is InChI=1S/C29H38O10/c1-13(30)39-20-10-19(33)29-12-38-25(36-5)27(20,3)17(29)9-18(32)28(4)22-16(31)8-15(14-6-7-37-11-14)26(22,2)24(35)21(34)23(28)29/h6-7,11,15,17-20,22-25,32-33,35H,8-10,12H2,1-5H3/t15-,17-,18+,19-,20+,22+,23-,24-,25+,26-,27+,28-,29+/m0/s1. The van der Waals surface area contributed by atoms with Gasteiger partial charge in [0, 0.05) is 60.9 Å². The highest BCUT2D eigenvalue weighted by atomic mass is 16.7. The van der Waals surface area contributed by atoms with Gasteiger partial charge in [-0.1, -0.05) is 20.8 Å². The quantitative estimate of drug-likeness (QED) is 0.477. The second kappa shape index (κ2) is 8.45. The van der Waals surface area contributed by atoms with Crippen LogP contribution in [0.5, 0.6) is 0 Å². The number of ether oxygens (including phenoxy) is 3. The van der Waals surface area contributed by atoms with Crippen LogP contribution in [0.4, 0.5) is 0 Å². The van der Waals surface area contributed by atoms with Crippen molar-refractivity contribution >= 4 is 17.5 Å². The van der Waals surface area contributed by atoms with E-state index in [2.05, 4.69) is 0 Å². The van der Waals surface area contributed by atoms with Crippen LogP contribution in [-0.4, -0.2) is 77.3 Å². The van der Waals surface area contributed by atoms with Crippen molar-refractivity contribution < 1.29 is 48.3 Å². The molecule has 3 N–H and O–H groups in total. The second-order valence-corrected chi connectivity index (χ2v) is 13.2. The average Bonchev–Trinajstić information content (AvgIpc) is 3.49. The van der Waals surface area contributed by atoms with Crippen LogP contribution in [-0.2, 0) is 28.6 Å². The highest BCUT2D eigenvalue weighted by Crippen LogP contribution is 2.75. The Morgan fingerprint density at radius 2 is 1.74 bits per heavy atom. The molecule has 5 aliphatic rings. The van der Waals surface area contributed by atoms with Crippen molar-refractivity contribution in [2.24, 2.45) is 39.4 Å². The van der Waals surface area contributed by atoms with E-state index >= 15 is 0 Å². The molecule has 1 saturated heterocycles. The number of esters is 1. The molecule has 0 amide bonds. The van der Waals surface area contributed by atoms with E-state index in [-0.39, 0.29) is 31.7 Å². The first-order chi connectivity index (χ1) is 18.3. The highest BCUT2D eigenvalue weighted by molar-refractivity contribution is 5.96. The van der Waals surface area contributed by atoms with E-state index in [1.807, 2.05) is 6.92 Å². The van der Waals surface area contributed by atoms with Crippen molar-refractivity contribution in [2.45, 2.75) is 83.6 Å². The summed E-state index contributed by atoms with van der Waals surface area (Å²) in [5.74, 6) is -4.12. The van der Waals surface area contributed by atoms with Gasteiger partial charge in [-0.05, 0) is 24.0 Å². The van der Waals surface area contributed by atoms with Crippen LogP contribution < -0.4 is 0 Å². The van der Waals surface area contributed by atoms with E-state index in [4.69, 9.17) is 18.6 Å². The second-order valence-electron chi connectivity index (χ2n) is 13.2. The number of Topliss-reactive ketones (excluding diaryl/α,β-unsaturated/α-hetero) is 2. The van der Waals surface area contributed by atoms with Crippen molar-refractivity contribution in [3.8, 4) is 0 Å². The predicted octanol–water partition coefficient (Wildman–Crippen LogP) is 1.60. The first kappa shape index (κ1) is 27.1. The average molecular weight is 547 g/mol. The number of rotatable bonds is 3. The zero-order valence-corrected chi connectivity index (χ0v) is 23.0. The number of carbonyl (C=O) groups is 3. The number of hydrogen-bond acceptors (Lipinski definition) is 10. The Hall–Kier alpha value is -2.11. The summed E-state index contributed by atoms with van der Waals surface area (Å²) in [7, 11) is 1.48. The van der Waals surface area contributed by atoms with Crippen molar-refractivity contribution in [1.82, 2.24) is 0 Å². The monoisotopic (exact) mass is 546 g/mol. The third kappa shape index (κ3) is 3.02. The van der Waals surface area contributed by atoms with E-state index in [9.17, 15) is 29.7 Å². The number of methoxy groups -OCH3 is 1. The molecule has 13 atom stereocenters. The number of carbonyl (C=O) groups excluding carboxylic acids is 3. The van der Waals surface area contributed by atoms with Gasteiger partial charge in [0.15, 0.2) is 12.1 Å². The number of ketones is 2. The zero-order valence-electron chi connectivity index (χ0n) is 23.0. The van der Waals surface area contributed by atoms with Gasteiger partial charge in [0.25, 0.3) is 0 Å². The van der Waals surface area contributed by atoms with Gasteiger partial charge in [0.05, 0.1) is 36.8 Å². The molecule has 1 aliphatic heterocycles. The molecule has 0 spiro atoms. The summed E-state index contributed by atoms with van der Waals surface area (Å²) in [6.45, 7) is 6.60. The van der Waals surface area contributed by atoms with E-state index < -0.39 is 87.8 Å². The molecule has 4 saturated carbocycles. The molecule has 2 bridgehead atoms. The molecule has 10 heteroatoms. The summed E-state index contributed by atoms with van der Waals surface area (Å²) >= 11 is 0. The van der Waals surface area contributed by atoms with Gasteiger partial charge < -0.3 is 33.9 Å². The van der Waals surface area contributed by atoms with Crippen molar-refractivity contribution in [3.63, 3.8) is 0 Å². The molecule has 0 unspecified atom stereocenters. The number of aliphatic hydroxyl groups excluding tert-OH is 3. The Balaban J connectivity index is 1.53. The molecule has 214 valence electrons. The molecule has 4 aliphatic carbocycles. The molecule has 39 heavy (non-hydrogen) atoms. The van der Waals surface area contributed by atoms with E-state index in [0.29, 0.717) is 0 Å². The maximum Gasteiger partial charge on any atom is 0.302 e. The largest absolute Gasteiger partial charge is 0.472 e. The summed E-state index contributed by atoms with van der Waals surface area (Å²) in [6.07, 6.45) is -2.09. The Morgan fingerprint density at radius 3 is 2.36 bits per heavy atom. The van der Waals surface area contributed by atoms with Crippen LogP contribution in [0.25, 0.3) is 0 Å². The molecule has 6 rings (SSSR count). The SMILES string of the molecule is CO[C@@H]1OC[C@]23[C@@H](O)C[C@@H](OC(C)=O)[C@@]1(C)[C@@H]2C[C@@H](O)[C@@]1(C)[C@@H]2C(=O)C[C@@H](c4ccoc4)[C@]2(C)[C@@H](O)C(=O)[C@@H]13.